The summed E-state index contributed by atoms with van der Waals surface area (Å²) in [6.07, 6.45) is 1.54. The van der Waals surface area contributed by atoms with E-state index in [-0.39, 0.29) is 5.75 Å². The van der Waals surface area contributed by atoms with Crippen LogP contribution >= 0.6 is 11.6 Å². The molecule has 0 radical (unpaired) electrons. The van der Waals surface area contributed by atoms with Crippen LogP contribution in [0, 0.1) is 5.92 Å². The quantitative estimate of drug-likeness (QED) is 0.625. The minimum Gasteiger partial charge on any atom is -0.212 e. The zero-order valence-corrected chi connectivity index (χ0v) is 11.4. The van der Waals surface area contributed by atoms with Gasteiger partial charge in [0, 0.05) is 19.0 Å². The van der Waals surface area contributed by atoms with Crippen molar-refractivity contribution in [3.8, 4) is 0 Å². The second kappa shape index (κ2) is 7.47. The van der Waals surface area contributed by atoms with Crippen molar-refractivity contribution in [3.05, 3.63) is 0 Å². The second-order valence-corrected chi connectivity index (χ2v) is 6.55. The van der Waals surface area contributed by atoms with Gasteiger partial charge < -0.3 is 0 Å². The number of hydrogen-bond acceptors (Lipinski definition) is 2. The fourth-order valence-electron chi connectivity index (χ4n) is 1.25. The molecule has 0 heterocycles. The molecule has 0 saturated heterocycles. The topological polar surface area (TPSA) is 37.4 Å². The summed E-state index contributed by atoms with van der Waals surface area (Å²) < 4.78 is 25.3. The van der Waals surface area contributed by atoms with Crippen LogP contribution in [-0.4, -0.2) is 37.4 Å². The minimum absolute atomic E-state index is 0.238. The summed E-state index contributed by atoms with van der Waals surface area (Å²) in [5.74, 6) is 1.02. The Hall–Kier alpha value is 0.200. The molecule has 0 saturated carbocycles. The molecule has 3 nitrogen and oxygen atoms in total. The van der Waals surface area contributed by atoms with Crippen molar-refractivity contribution in [2.24, 2.45) is 5.92 Å². The molecule has 0 aromatic rings. The number of rotatable bonds is 8. The van der Waals surface area contributed by atoms with Crippen LogP contribution in [0.4, 0.5) is 0 Å². The van der Waals surface area contributed by atoms with Crippen molar-refractivity contribution in [2.75, 3.05) is 24.7 Å². The third-order valence-corrected chi connectivity index (χ3v) is 4.23. The van der Waals surface area contributed by atoms with Gasteiger partial charge in [0.1, 0.15) is 0 Å². The summed E-state index contributed by atoms with van der Waals surface area (Å²) in [7, 11) is -3.09. The van der Waals surface area contributed by atoms with Crippen LogP contribution < -0.4 is 0 Å². The molecule has 0 spiro atoms. The summed E-state index contributed by atoms with van der Waals surface area (Å²) in [6.45, 7) is 7.03. The van der Waals surface area contributed by atoms with E-state index in [1.165, 1.54) is 4.31 Å². The molecule has 0 rings (SSSR count). The lowest BCUT2D eigenvalue weighted by Crippen LogP contribution is -2.35. The number of alkyl halides is 1. The summed E-state index contributed by atoms with van der Waals surface area (Å²) in [6, 6.07) is 0. The molecule has 0 unspecified atom stereocenters. The number of hydrogen-bond donors (Lipinski definition) is 0. The summed E-state index contributed by atoms with van der Waals surface area (Å²) in [5.41, 5.74) is 0. The smallest absolute Gasteiger partial charge is 0.212 e. The first kappa shape index (κ1) is 15.2. The molecule has 92 valence electrons. The molecule has 0 aromatic heterocycles. The average molecular weight is 256 g/mol. The van der Waals surface area contributed by atoms with E-state index in [1.807, 2.05) is 20.8 Å². The average Bonchev–Trinajstić information content (AvgIpc) is 2.15. The molecule has 0 aliphatic carbocycles. The Morgan fingerprint density at radius 1 is 1.27 bits per heavy atom. The van der Waals surface area contributed by atoms with Crippen LogP contribution in [0.1, 0.15) is 33.6 Å². The minimum atomic E-state index is -3.09. The second-order valence-electron chi connectivity index (χ2n) is 4.09. The van der Waals surface area contributed by atoms with Gasteiger partial charge in [-0.1, -0.05) is 20.8 Å². The monoisotopic (exact) mass is 255 g/mol. The fourth-order valence-corrected chi connectivity index (χ4v) is 3.41. The van der Waals surface area contributed by atoms with E-state index in [2.05, 4.69) is 0 Å². The van der Waals surface area contributed by atoms with Gasteiger partial charge in [0.15, 0.2) is 0 Å². The summed E-state index contributed by atoms with van der Waals surface area (Å²) in [5, 5.41) is 0. The molecule has 0 aliphatic heterocycles. The van der Waals surface area contributed by atoms with Crippen LogP contribution in [-0.2, 0) is 10.0 Å². The highest BCUT2D eigenvalue weighted by atomic mass is 35.5. The highest BCUT2D eigenvalue weighted by Gasteiger charge is 2.20. The molecule has 0 aromatic carbocycles. The maximum Gasteiger partial charge on any atom is 0.214 e. The molecule has 5 heteroatoms. The highest BCUT2D eigenvalue weighted by Crippen LogP contribution is 2.09. The Balaban J connectivity index is 4.35. The van der Waals surface area contributed by atoms with Crippen molar-refractivity contribution in [1.82, 2.24) is 4.31 Å². The lowest BCUT2D eigenvalue weighted by atomic mass is 10.2. The summed E-state index contributed by atoms with van der Waals surface area (Å²) >= 11 is 5.59. The van der Waals surface area contributed by atoms with E-state index in [1.54, 1.807) is 0 Å². The Morgan fingerprint density at radius 2 is 1.87 bits per heavy atom. The molecule has 0 atom stereocenters. The van der Waals surface area contributed by atoms with E-state index in [0.29, 0.717) is 31.3 Å². The van der Waals surface area contributed by atoms with Crippen molar-refractivity contribution >= 4 is 21.6 Å². The maximum atomic E-state index is 11.9. The highest BCUT2D eigenvalue weighted by molar-refractivity contribution is 7.89. The van der Waals surface area contributed by atoms with Gasteiger partial charge in [0.05, 0.1) is 5.75 Å². The first-order valence-corrected chi connectivity index (χ1v) is 7.62. The van der Waals surface area contributed by atoms with Gasteiger partial charge in [0.25, 0.3) is 0 Å². The van der Waals surface area contributed by atoms with Crippen molar-refractivity contribution < 1.29 is 8.42 Å². The van der Waals surface area contributed by atoms with Gasteiger partial charge in [-0.25, -0.2) is 12.7 Å². The van der Waals surface area contributed by atoms with Crippen molar-refractivity contribution in [1.29, 1.82) is 0 Å². The third-order valence-electron chi connectivity index (χ3n) is 2.15. The van der Waals surface area contributed by atoms with Crippen LogP contribution in [0.3, 0.4) is 0 Å². The lowest BCUT2D eigenvalue weighted by Gasteiger charge is -2.20. The largest absolute Gasteiger partial charge is 0.214 e. The molecule has 0 amide bonds. The van der Waals surface area contributed by atoms with Gasteiger partial charge in [-0.05, 0) is 18.8 Å². The lowest BCUT2D eigenvalue weighted by molar-refractivity contribution is 0.425. The van der Waals surface area contributed by atoms with E-state index in [9.17, 15) is 8.42 Å². The summed E-state index contributed by atoms with van der Waals surface area (Å²) in [4.78, 5) is 0. The van der Waals surface area contributed by atoms with Crippen LogP contribution in [0.15, 0.2) is 0 Å². The number of sulfonamides is 1. The van der Waals surface area contributed by atoms with Crippen molar-refractivity contribution in [2.45, 2.75) is 33.6 Å². The van der Waals surface area contributed by atoms with Crippen molar-refractivity contribution in [3.63, 3.8) is 0 Å². The number of halogens is 1. The first-order chi connectivity index (χ1) is 6.94. The molecule has 0 N–H and O–H groups in total. The number of nitrogens with zero attached hydrogens (tertiary/aromatic N) is 1. The van der Waals surface area contributed by atoms with E-state index in [0.717, 1.165) is 6.42 Å². The normalized spacial score (nSPS) is 12.7. The van der Waals surface area contributed by atoms with Crippen LogP contribution in [0.5, 0.6) is 0 Å². The predicted octanol–water partition coefficient (Wildman–Crippen LogP) is 2.31. The van der Waals surface area contributed by atoms with Crippen LogP contribution in [0.2, 0.25) is 0 Å². The fraction of sp³-hybridized carbons (Fsp3) is 1.00. The van der Waals surface area contributed by atoms with Gasteiger partial charge in [-0.2, -0.15) is 0 Å². The predicted molar refractivity (Wildman–Crippen MR) is 65.8 cm³/mol. The Bertz CT molecular complexity index is 246. The Morgan fingerprint density at radius 3 is 2.27 bits per heavy atom. The van der Waals surface area contributed by atoms with Crippen LogP contribution in [0.25, 0.3) is 0 Å². The SMILES string of the molecule is CCCN(CCCl)S(=O)(=O)CCC(C)C. The molecule has 0 fully saturated rings. The standard InChI is InChI=1S/C10H22ClNO2S/c1-4-7-12(8-6-11)15(13,14)9-5-10(2)3/h10H,4-9H2,1-3H3. The Labute approximate surface area is 98.8 Å². The van der Waals surface area contributed by atoms with Gasteiger partial charge in [-0.3, -0.25) is 0 Å². The molecule has 0 aliphatic rings. The van der Waals surface area contributed by atoms with E-state index in [4.69, 9.17) is 11.6 Å². The Kier molecular flexibility index (Phi) is 7.57. The zero-order chi connectivity index (χ0) is 11.9. The maximum absolute atomic E-state index is 11.9. The van der Waals surface area contributed by atoms with Gasteiger partial charge in [0.2, 0.25) is 10.0 Å². The van der Waals surface area contributed by atoms with E-state index < -0.39 is 10.0 Å². The molecule has 0 bridgehead atoms. The van der Waals surface area contributed by atoms with Gasteiger partial charge >= 0.3 is 0 Å². The molecular formula is C10H22ClNO2S. The van der Waals surface area contributed by atoms with Gasteiger partial charge in [-0.15, -0.1) is 11.6 Å². The third kappa shape index (κ3) is 6.38. The first-order valence-electron chi connectivity index (χ1n) is 5.47. The zero-order valence-electron chi connectivity index (χ0n) is 9.87. The molecule has 15 heavy (non-hydrogen) atoms. The van der Waals surface area contributed by atoms with E-state index >= 15 is 0 Å². The molecular weight excluding hydrogens is 234 g/mol.